The number of aromatic nitrogens is 3. The number of benzene rings is 1. The third kappa shape index (κ3) is 4.46. The Morgan fingerprint density at radius 1 is 1.26 bits per heavy atom. The minimum atomic E-state index is -4.58. The molecule has 0 spiro atoms. The Morgan fingerprint density at radius 3 is 2.63 bits per heavy atom. The number of thioether (sulfide) groups is 1. The first kappa shape index (κ1) is 24.2. The SMILES string of the molecule is CSC1CC(C(=O)N(C)[C@@H](c2ccc(N3CCCc4c3cnc3cc(Cl)nn43)cc2)C(F)(F)F)C1. The van der Waals surface area contributed by atoms with Crippen LogP contribution < -0.4 is 4.90 Å². The van der Waals surface area contributed by atoms with Crippen LogP contribution in [-0.2, 0) is 11.2 Å². The van der Waals surface area contributed by atoms with Gasteiger partial charge in [-0.1, -0.05) is 23.7 Å². The number of hydrogen-bond acceptors (Lipinski definition) is 5. The van der Waals surface area contributed by atoms with Crippen LogP contribution in [0.25, 0.3) is 5.65 Å². The molecule has 35 heavy (non-hydrogen) atoms. The average Bonchev–Trinajstić information content (AvgIpc) is 3.18. The zero-order valence-corrected chi connectivity index (χ0v) is 20.9. The zero-order valence-electron chi connectivity index (χ0n) is 19.3. The van der Waals surface area contributed by atoms with E-state index in [9.17, 15) is 18.0 Å². The van der Waals surface area contributed by atoms with Crippen molar-refractivity contribution in [3.05, 3.63) is 52.9 Å². The number of fused-ring (bicyclic) bond motifs is 3. The second-order valence-electron chi connectivity index (χ2n) is 9.09. The molecule has 0 saturated heterocycles. The van der Waals surface area contributed by atoms with Crippen molar-refractivity contribution in [2.45, 2.75) is 43.2 Å². The number of nitrogens with zero attached hydrogens (tertiary/aromatic N) is 5. The van der Waals surface area contributed by atoms with Crippen molar-refractivity contribution >= 4 is 46.3 Å². The molecule has 0 N–H and O–H groups in total. The molecule has 3 heterocycles. The van der Waals surface area contributed by atoms with E-state index >= 15 is 0 Å². The Kier molecular flexibility index (Phi) is 6.37. The maximum absolute atomic E-state index is 14.1. The van der Waals surface area contributed by atoms with E-state index in [2.05, 4.69) is 10.1 Å². The summed E-state index contributed by atoms with van der Waals surface area (Å²) in [4.78, 5) is 20.1. The number of hydrogen-bond donors (Lipinski definition) is 0. The van der Waals surface area contributed by atoms with E-state index in [-0.39, 0.29) is 11.5 Å². The zero-order chi connectivity index (χ0) is 24.9. The van der Waals surface area contributed by atoms with Crippen LogP contribution in [0.3, 0.4) is 0 Å². The molecule has 5 rings (SSSR count). The number of halogens is 4. The molecule has 0 bridgehead atoms. The summed E-state index contributed by atoms with van der Waals surface area (Å²) in [6.45, 7) is 0.702. The van der Waals surface area contributed by atoms with Gasteiger partial charge in [-0.05, 0) is 49.6 Å². The van der Waals surface area contributed by atoms with Gasteiger partial charge >= 0.3 is 6.18 Å². The van der Waals surface area contributed by atoms with Crippen LogP contribution in [0, 0.1) is 5.92 Å². The fourth-order valence-corrected chi connectivity index (χ4v) is 6.06. The lowest BCUT2D eigenvalue weighted by Crippen LogP contribution is -2.46. The minimum Gasteiger partial charge on any atom is -0.339 e. The molecule has 1 aliphatic heterocycles. The molecule has 0 radical (unpaired) electrons. The van der Waals surface area contributed by atoms with Crippen LogP contribution in [0.2, 0.25) is 5.15 Å². The van der Waals surface area contributed by atoms with Gasteiger partial charge in [0, 0.05) is 36.5 Å². The Labute approximate surface area is 210 Å². The summed E-state index contributed by atoms with van der Waals surface area (Å²) in [6, 6.07) is 5.99. The maximum Gasteiger partial charge on any atom is 0.413 e. The predicted octanol–water partition coefficient (Wildman–Crippen LogP) is 5.67. The number of amides is 1. The summed E-state index contributed by atoms with van der Waals surface area (Å²) in [5.41, 5.74) is 3.26. The molecule has 11 heteroatoms. The van der Waals surface area contributed by atoms with Gasteiger partial charge in [0.25, 0.3) is 0 Å². The standard InChI is InChI=1S/C24H25ClF3N5OS/c1-31(23(34)15-10-17(11-15)35-2)22(24(26,27)28)14-5-7-16(8-6-14)32-9-3-4-18-19(32)13-29-21-12-20(25)30-33(18)21/h5-8,12-13,15,17,22H,3-4,9-11H2,1-2H3/t15?,17?,22-/m0/s1. The van der Waals surface area contributed by atoms with Crippen molar-refractivity contribution in [3.63, 3.8) is 0 Å². The number of aryl methyl sites for hydroxylation is 1. The Balaban J connectivity index is 1.41. The van der Waals surface area contributed by atoms with Gasteiger partial charge in [-0.3, -0.25) is 4.79 Å². The van der Waals surface area contributed by atoms with Gasteiger partial charge in [-0.2, -0.15) is 30.0 Å². The van der Waals surface area contributed by atoms with Gasteiger partial charge in [-0.15, -0.1) is 0 Å². The summed E-state index contributed by atoms with van der Waals surface area (Å²) in [7, 11) is 1.26. The molecule has 1 amide bonds. The lowest BCUT2D eigenvalue weighted by molar-refractivity contribution is -0.191. The Morgan fingerprint density at radius 2 is 1.97 bits per heavy atom. The lowest BCUT2D eigenvalue weighted by atomic mass is 9.83. The van der Waals surface area contributed by atoms with Crippen LogP contribution >= 0.6 is 23.4 Å². The van der Waals surface area contributed by atoms with E-state index in [0.29, 0.717) is 35.4 Å². The molecule has 2 aromatic heterocycles. The third-order valence-electron chi connectivity index (χ3n) is 6.96. The molecule has 1 fully saturated rings. The Bertz CT molecular complexity index is 1240. The number of carbonyl (C=O) groups is 1. The molecule has 0 unspecified atom stereocenters. The summed E-state index contributed by atoms with van der Waals surface area (Å²) in [5, 5.41) is 5.03. The average molecular weight is 524 g/mol. The summed E-state index contributed by atoms with van der Waals surface area (Å²) >= 11 is 7.70. The fraction of sp³-hybridized carbons (Fsp3) is 0.458. The van der Waals surface area contributed by atoms with Gasteiger partial charge in [0.05, 0.1) is 17.6 Å². The molecule has 1 aromatic carbocycles. The first-order chi connectivity index (χ1) is 16.7. The molecular formula is C24H25ClF3N5OS. The number of anilines is 2. The van der Waals surface area contributed by atoms with Crippen LogP contribution in [0.5, 0.6) is 0 Å². The van der Waals surface area contributed by atoms with Crippen LogP contribution in [0.4, 0.5) is 24.5 Å². The molecule has 6 nitrogen and oxygen atoms in total. The van der Waals surface area contributed by atoms with Gasteiger partial charge in [-0.25, -0.2) is 9.50 Å². The van der Waals surface area contributed by atoms with Crippen LogP contribution in [0.15, 0.2) is 36.5 Å². The number of rotatable bonds is 5. The van der Waals surface area contributed by atoms with E-state index < -0.39 is 18.1 Å². The van der Waals surface area contributed by atoms with Crippen molar-refractivity contribution < 1.29 is 18.0 Å². The second kappa shape index (κ2) is 9.20. The van der Waals surface area contributed by atoms with Gasteiger partial charge in [0.2, 0.25) is 5.91 Å². The summed E-state index contributed by atoms with van der Waals surface area (Å²) in [5.74, 6) is -0.786. The highest BCUT2D eigenvalue weighted by Gasteiger charge is 2.47. The van der Waals surface area contributed by atoms with Gasteiger partial charge in [0.15, 0.2) is 16.8 Å². The van der Waals surface area contributed by atoms with Gasteiger partial charge < -0.3 is 9.80 Å². The van der Waals surface area contributed by atoms with Gasteiger partial charge in [0.1, 0.15) is 0 Å². The molecule has 3 aromatic rings. The van der Waals surface area contributed by atoms with Crippen molar-refractivity contribution in [1.29, 1.82) is 0 Å². The highest BCUT2D eigenvalue weighted by molar-refractivity contribution is 7.99. The maximum atomic E-state index is 14.1. The van der Waals surface area contributed by atoms with Crippen molar-refractivity contribution in [3.8, 4) is 0 Å². The van der Waals surface area contributed by atoms with Crippen molar-refractivity contribution in [2.75, 3.05) is 24.7 Å². The number of carbonyl (C=O) groups excluding carboxylic acids is 1. The quantitative estimate of drug-likeness (QED) is 0.431. The van der Waals surface area contributed by atoms with E-state index in [1.54, 1.807) is 40.7 Å². The fourth-order valence-electron chi connectivity index (χ4n) is 5.04. The van der Waals surface area contributed by atoms with Crippen LogP contribution in [0.1, 0.15) is 36.6 Å². The van der Waals surface area contributed by atoms with E-state index in [0.717, 1.165) is 34.8 Å². The smallest absolute Gasteiger partial charge is 0.339 e. The monoisotopic (exact) mass is 523 g/mol. The van der Waals surface area contributed by atoms with Crippen LogP contribution in [-0.4, -0.2) is 56.7 Å². The lowest BCUT2D eigenvalue weighted by Gasteiger charge is -2.39. The first-order valence-corrected chi connectivity index (χ1v) is 13.1. The van der Waals surface area contributed by atoms with Crippen molar-refractivity contribution in [2.24, 2.45) is 5.92 Å². The van der Waals surface area contributed by atoms with E-state index in [1.165, 1.54) is 19.2 Å². The summed E-state index contributed by atoms with van der Waals surface area (Å²) in [6.07, 6.45) is 2.03. The van der Waals surface area contributed by atoms with Crippen molar-refractivity contribution in [1.82, 2.24) is 19.5 Å². The molecule has 186 valence electrons. The van der Waals surface area contributed by atoms with E-state index in [4.69, 9.17) is 11.6 Å². The third-order valence-corrected chi connectivity index (χ3v) is 8.20. The first-order valence-electron chi connectivity index (χ1n) is 11.4. The summed E-state index contributed by atoms with van der Waals surface area (Å²) < 4.78 is 44.1. The highest BCUT2D eigenvalue weighted by atomic mass is 35.5. The topological polar surface area (TPSA) is 53.7 Å². The number of alkyl halides is 3. The molecule has 2 aliphatic rings. The predicted molar refractivity (Wildman–Crippen MR) is 131 cm³/mol. The largest absolute Gasteiger partial charge is 0.413 e. The molecule has 1 aliphatic carbocycles. The normalized spacial score (nSPS) is 20.9. The van der Waals surface area contributed by atoms with E-state index in [1.807, 2.05) is 11.2 Å². The molecule has 1 atom stereocenters. The minimum absolute atomic E-state index is 0.0440. The highest BCUT2D eigenvalue weighted by Crippen LogP contribution is 2.42. The Hall–Kier alpha value is -2.46. The molecule has 1 saturated carbocycles. The second-order valence-corrected chi connectivity index (χ2v) is 10.6. The molecular weight excluding hydrogens is 499 g/mol.